The summed E-state index contributed by atoms with van der Waals surface area (Å²) in [5.74, 6) is 0. The van der Waals surface area contributed by atoms with Gasteiger partial charge in [-0.15, -0.1) is 0 Å². The number of hydrogen-bond donors (Lipinski definition) is 0. The van der Waals surface area contributed by atoms with Gasteiger partial charge in [-0.3, -0.25) is 0 Å². The van der Waals surface area contributed by atoms with E-state index in [0.717, 1.165) is 0 Å². The first kappa shape index (κ1) is 8.81. The van der Waals surface area contributed by atoms with Gasteiger partial charge in [0.25, 0.3) is 0 Å². The molecule has 1 rings (SSSR count). The van der Waals surface area contributed by atoms with E-state index in [0.29, 0.717) is 0 Å². The molecule has 0 aromatic carbocycles. The highest BCUT2D eigenvalue weighted by Crippen LogP contribution is 2.43. The van der Waals surface area contributed by atoms with Crippen LogP contribution >= 0.6 is 0 Å². The Morgan fingerprint density at radius 3 is 1.45 bits per heavy atom. The van der Waals surface area contributed by atoms with Gasteiger partial charge in [0.2, 0.25) is 0 Å². The van der Waals surface area contributed by atoms with Gasteiger partial charge in [-0.05, 0) is 12.8 Å². The van der Waals surface area contributed by atoms with Gasteiger partial charge >= 0.3 is 0 Å². The minimum atomic E-state index is -2.11. The Morgan fingerprint density at radius 1 is 0.909 bits per heavy atom. The maximum absolute atomic E-state index is 12.9. The van der Waals surface area contributed by atoms with E-state index in [1.54, 1.807) is 0 Å². The minimum Gasteiger partial charge on any atom is -0.248 e. The molecule has 0 aromatic heterocycles. The smallest absolute Gasteiger partial charge is 0.142 e. The lowest BCUT2D eigenvalue weighted by Gasteiger charge is -2.17. The molecule has 4 heteroatoms. The van der Waals surface area contributed by atoms with Gasteiger partial charge < -0.3 is 0 Å². The number of halogens is 4. The normalized spacial score (nSPS) is 44.7. The Bertz CT molecular complexity index is 133. The molecular formula is C7H10F4. The largest absolute Gasteiger partial charge is 0.248 e. The quantitative estimate of drug-likeness (QED) is 0.558. The molecule has 0 spiro atoms. The minimum absolute atomic E-state index is 0.204. The van der Waals surface area contributed by atoms with Crippen molar-refractivity contribution in [1.82, 2.24) is 0 Å². The highest BCUT2D eigenvalue weighted by molar-refractivity contribution is 4.99. The predicted octanol–water partition coefficient (Wildman–Crippen LogP) is 2.53. The van der Waals surface area contributed by atoms with E-state index in [-0.39, 0.29) is 12.8 Å². The van der Waals surface area contributed by atoms with Crippen molar-refractivity contribution in [2.75, 3.05) is 13.3 Å². The average molecular weight is 170 g/mol. The summed E-state index contributed by atoms with van der Waals surface area (Å²) in [5, 5.41) is 0. The molecule has 0 aliphatic heterocycles. The molecule has 0 aromatic rings. The van der Waals surface area contributed by atoms with Gasteiger partial charge in [0, 0.05) is 6.42 Å². The number of alkyl halides is 4. The Morgan fingerprint density at radius 2 is 1.27 bits per heavy atom. The Hall–Kier alpha value is -0.280. The Kier molecular flexibility index (Phi) is 2.12. The van der Waals surface area contributed by atoms with Crippen LogP contribution in [0.2, 0.25) is 0 Å². The molecule has 66 valence electrons. The molecule has 1 fully saturated rings. The third-order valence-corrected chi connectivity index (χ3v) is 2.13. The third kappa shape index (κ3) is 1.65. The van der Waals surface area contributed by atoms with Crippen LogP contribution in [0.5, 0.6) is 0 Å². The summed E-state index contributed by atoms with van der Waals surface area (Å²) in [6.45, 7) is -2.42. The molecule has 0 nitrogen and oxygen atoms in total. The van der Waals surface area contributed by atoms with Gasteiger partial charge in [-0.25, -0.2) is 17.6 Å². The predicted molar refractivity (Wildman–Crippen MR) is 33.5 cm³/mol. The molecule has 2 atom stereocenters. The highest BCUT2D eigenvalue weighted by Gasteiger charge is 2.49. The zero-order valence-corrected chi connectivity index (χ0v) is 6.05. The van der Waals surface area contributed by atoms with E-state index in [2.05, 4.69) is 0 Å². The van der Waals surface area contributed by atoms with E-state index in [1.165, 1.54) is 0 Å². The van der Waals surface area contributed by atoms with E-state index in [1.807, 2.05) is 0 Å². The summed E-state index contributed by atoms with van der Waals surface area (Å²) in [5.41, 5.74) is -4.22. The molecule has 0 N–H and O–H groups in total. The van der Waals surface area contributed by atoms with Crippen LogP contribution < -0.4 is 0 Å². The second kappa shape index (κ2) is 2.64. The first-order valence-electron chi connectivity index (χ1n) is 3.53. The lowest BCUT2D eigenvalue weighted by Crippen LogP contribution is -2.28. The monoisotopic (exact) mass is 170 g/mol. The molecule has 0 radical (unpaired) electrons. The zero-order valence-electron chi connectivity index (χ0n) is 6.05. The molecule has 11 heavy (non-hydrogen) atoms. The number of rotatable bonds is 2. The van der Waals surface area contributed by atoms with Crippen LogP contribution in [0, 0.1) is 0 Å². The SMILES string of the molecule is FCC1(F)CCC(F)(CF)C1. The van der Waals surface area contributed by atoms with E-state index in [4.69, 9.17) is 0 Å². The molecule has 2 unspecified atom stereocenters. The first-order valence-corrected chi connectivity index (χ1v) is 3.53. The lowest BCUT2D eigenvalue weighted by atomic mass is 10.0. The van der Waals surface area contributed by atoms with Crippen LogP contribution in [-0.2, 0) is 0 Å². The van der Waals surface area contributed by atoms with Gasteiger partial charge in [-0.1, -0.05) is 0 Å². The van der Waals surface area contributed by atoms with E-state index in [9.17, 15) is 17.6 Å². The highest BCUT2D eigenvalue weighted by atomic mass is 19.2. The fourth-order valence-electron chi connectivity index (χ4n) is 1.42. The molecule has 1 aliphatic carbocycles. The van der Waals surface area contributed by atoms with E-state index < -0.39 is 31.1 Å². The summed E-state index contributed by atoms with van der Waals surface area (Å²) in [6.07, 6.45) is -1.04. The summed E-state index contributed by atoms with van der Waals surface area (Å²) in [6, 6.07) is 0. The molecule has 0 bridgehead atoms. The topological polar surface area (TPSA) is 0 Å². The van der Waals surface area contributed by atoms with Crippen molar-refractivity contribution < 1.29 is 17.6 Å². The average Bonchev–Trinajstić information content (AvgIpc) is 2.30. The standard InChI is InChI=1S/C7H10F4/c8-4-6(10)1-2-7(11,3-6)5-9/h1-5H2. The van der Waals surface area contributed by atoms with Gasteiger partial charge in [0.15, 0.2) is 0 Å². The summed E-state index contributed by atoms with van der Waals surface area (Å²) in [4.78, 5) is 0. The van der Waals surface area contributed by atoms with Crippen LogP contribution in [-0.4, -0.2) is 24.7 Å². The third-order valence-electron chi connectivity index (χ3n) is 2.13. The zero-order chi connectivity index (χ0) is 8.54. The van der Waals surface area contributed by atoms with Crippen molar-refractivity contribution >= 4 is 0 Å². The van der Waals surface area contributed by atoms with Crippen LogP contribution in [0.25, 0.3) is 0 Å². The van der Waals surface area contributed by atoms with Crippen LogP contribution in [0.1, 0.15) is 19.3 Å². The van der Waals surface area contributed by atoms with Crippen molar-refractivity contribution in [3.05, 3.63) is 0 Å². The Labute approximate surface area is 62.6 Å². The number of hydrogen-bond acceptors (Lipinski definition) is 0. The maximum atomic E-state index is 12.9. The van der Waals surface area contributed by atoms with Crippen molar-refractivity contribution in [1.29, 1.82) is 0 Å². The summed E-state index contributed by atoms with van der Waals surface area (Å²) in [7, 11) is 0. The first-order chi connectivity index (χ1) is 5.04. The van der Waals surface area contributed by atoms with Crippen LogP contribution in [0.15, 0.2) is 0 Å². The molecule has 1 aliphatic rings. The van der Waals surface area contributed by atoms with Gasteiger partial charge in [-0.2, -0.15) is 0 Å². The van der Waals surface area contributed by atoms with Crippen molar-refractivity contribution in [3.8, 4) is 0 Å². The second-order valence-corrected chi connectivity index (χ2v) is 3.25. The molecule has 0 heterocycles. The van der Waals surface area contributed by atoms with E-state index >= 15 is 0 Å². The van der Waals surface area contributed by atoms with Crippen molar-refractivity contribution in [2.45, 2.75) is 30.6 Å². The maximum Gasteiger partial charge on any atom is 0.142 e. The van der Waals surface area contributed by atoms with Crippen molar-refractivity contribution in [3.63, 3.8) is 0 Å². The summed E-state index contributed by atoms with van der Waals surface area (Å²) >= 11 is 0. The van der Waals surface area contributed by atoms with Crippen LogP contribution in [0.3, 0.4) is 0 Å². The molecule has 0 saturated heterocycles. The summed E-state index contributed by atoms with van der Waals surface area (Å²) < 4.78 is 49.7. The molecule has 1 saturated carbocycles. The van der Waals surface area contributed by atoms with Crippen molar-refractivity contribution in [2.24, 2.45) is 0 Å². The van der Waals surface area contributed by atoms with Crippen LogP contribution in [0.4, 0.5) is 17.6 Å². The second-order valence-electron chi connectivity index (χ2n) is 3.25. The molecular weight excluding hydrogens is 160 g/mol. The Balaban J connectivity index is 2.58. The fraction of sp³-hybridized carbons (Fsp3) is 1.00. The van der Waals surface area contributed by atoms with Gasteiger partial charge in [0.1, 0.15) is 24.7 Å². The fourth-order valence-corrected chi connectivity index (χ4v) is 1.42. The molecule has 0 amide bonds. The van der Waals surface area contributed by atoms with Gasteiger partial charge in [0.05, 0.1) is 0 Å². The lowest BCUT2D eigenvalue weighted by molar-refractivity contribution is 0.0722.